The van der Waals surface area contributed by atoms with Crippen molar-refractivity contribution in [3.63, 3.8) is 0 Å². The first kappa shape index (κ1) is 25.8. The van der Waals surface area contributed by atoms with Crippen LogP contribution in [0.4, 0.5) is 0 Å². The first-order chi connectivity index (χ1) is 17.6. The molecule has 0 saturated carbocycles. The van der Waals surface area contributed by atoms with E-state index in [9.17, 15) is 4.79 Å². The molecule has 1 fully saturated rings. The third-order valence-corrected chi connectivity index (χ3v) is 6.79. The molecule has 36 heavy (non-hydrogen) atoms. The average Bonchev–Trinajstić information content (AvgIpc) is 3.34. The molecular weight excluding hydrogens is 444 g/mol. The molecule has 5 heteroatoms. The number of hydrogen-bond acceptors (Lipinski definition) is 4. The van der Waals surface area contributed by atoms with Crippen LogP contribution in [0.25, 0.3) is 12.2 Å². The second kappa shape index (κ2) is 12.6. The number of nitrogens with zero attached hydrogens (tertiary/aromatic N) is 4. The molecule has 4 rings (SSSR count). The quantitative estimate of drug-likeness (QED) is 0.257. The van der Waals surface area contributed by atoms with E-state index in [1.54, 1.807) is 0 Å². The highest BCUT2D eigenvalue weighted by Gasteiger charge is 2.26. The zero-order chi connectivity index (χ0) is 25.3. The van der Waals surface area contributed by atoms with Crippen LogP contribution in [0.15, 0.2) is 65.9 Å². The number of likely N-dealkylation sites (tertiary alicyclic amines) is 1. The number of aryl methyl sites for hydroxylation is 3. The van der Waals surface area contributed by atoms with Crippen LogP contribution in [-0.2, 0) is 30.7 Å². The Kier molecular flexibility index (Phi) is 9.01. The zero-order valence-corrected chi connectivity index (χ0v) is 21.9. The molecule has 0 N–H and O–H groups in total. The Balaban J connectivity index is 1.58. The molecule has 2 heterocycles. The fraction of sp³-hybridized carbons (Fsp3) is 0.387. The minimum atomic E-state index is 0.133. The number of rotatable bonds is 10. The Bertz CT molecular complexity index is 1130. The molecule has 0 amide bonds. The highest BCUT2D eigenvalue weighted by atomic mass is 16.1. The summed E-state index contributed by atoms with van der Waals surface area (Å²) >= 11 is 0. The van der Waals surface area contributed by atoms with Crippen LogP contribution in [-0.4, -0.2) is 38.8 Å². The molecule has 1 saturated heterocycles. The van der Waals surface area contributed by atoms with E-state index < -0.39 is 0 Å². The molecule has 5 nitrogen and oxygen atoms in total. The summed E-state index contributed by atoms with van der Waals surface area (Å²) in [6.07, 6.45) is 11.7. The van der Waals surface area contributed by atoms with Gasteiger partial charge in [0.15, 0.2) is 5.78 Å². The second-order valence-corrected chi connectivity index (χ2v) is 9.68. The molecule has 2 aromatic carbocycles. The summed E-state index contributed by atoms with van der Waals surface area (Å²) in [6.45, 7) is 9.28. The Morgan fingerprint density at radius 2 is 1.36 bits per heavy atom. The average molecular weight is 483 g/mol. The van der Waals surface area contributed by atoms with Crippen molar-refractivity contribution in [3.05, 3.63) is 93.8 Å². The number of ketones is 1. The first-order valence-corrected chi connectivity index (χ1v) is 13.3. The van der Waals surface area contributed by atoms with Gasteiger partial charge in [-0.2, -0.15) is 0 Å². The second-order valence-electron chi connectivity index (χ2n) is 9.68. The minimum Gasteiger partial charge on any atom is -0.289 e. The van der Waals surface area contributed by atoms with Crippen LogP contribution in [0.2, 0.25) is 0 Å². The summed E-state index contributed by atoms with van der Waals surface area (Å²) in [4.78, 5) is 15.8. The van der Waals surface area contributed by atoms with Gasteiger partial charge in [-0.05, 0) is 53.7 Å². The fourth-order valence-corrected chi connectivity index (χ4v) is 4.60. The predicted molar refractivity (Wildman–Crippen MR) is 147 cm³/mol. The third-order valence-electron chi connectivity index (χ3n) is 6.79. The van der Waals surface area contributed by atoms with Gasteiger partial charge in [0.1, 0.15) is 0 Å². The number of aromatic nitrogens is 3. The van der Waals surface area contributed by atoms with Gasteiger partial charge in [0.05, 0.1) is 5.69 Å². The van der Waals surface area contributed by atoms with Crippen molar-refractivity contribution in [2.24, 2.45) is 0 Å². The van der Waals surface area contributed by atoms with E-state index in [4.69, 9.17) is 0 Å². The molecule has 0 bridgehead atoms. The number of hydrogen-bond donors (Lipinski definition) is 0. The lowest BCUT2D eigenvalue weighted by atomic mass is 9.93. The van der Waals surface area contributed by atoms with Crippen molar-refractivity contribution in [2.75, 3.05) is 13.1 Å². The van der Waals surface area contributed by atoms with Crippen LogP contribution >= 0.6 is 0 Å². The van der Waals surface area contributed by atoms with Crippen molar-refractivity contribution in [1.29, 1.82) is 0 Å². The van der Waals surface area contributed by atoms with Gasteiger partial charge in [-0.25, -0.2) is 0 Å². The van der Waals surface area contributed by atoms with Gasteiger partial charge in [0, 0.05) is 43.5 Å². The summed E-state index contributed by atoms with van der Waals surface area (Å²) in [5, 5.41) is 8.73. The van der Waals surface area contributed by atoms with Gasteiger partial charge in [-0.15, -0.1) is 5.10 Å². The van der Waals surface area contributed by atoms with Crippen molar-refractivity contribution in [1.82, 2.24) is 19.9 Å². The molecule has 188 valence electrons. The standard InChI is InChI=1S/C31H38N4O/c1-4-7-8-17-35-23-30(32-33-35)22-34-20-28(18-26-13-9-24(5-2)10-14-26)31(36)29(21-34)19-27-15-11-25(6-3)12-16-27/h9-16,18-19,23H,4-8,17,20-22H2,1-3H3. The highest BCUT2D eigenvalue weighted by Crippen LogP contribution is 2.24. The molecule has 0 aliphatic carbocycles. The molecule has 0 spiro atoms. The smallest absolute Gasteiger partial charge is 0.187 e. The van der Waals surface area contributed by atoms with Crippen molar-refractivity contribution in [3.8, 4) is 0 Å². The number of unbranched alkanes of at least 4 members (excludes halogenated alkanes) is 2. The number of carbonyl (C=O) groups excluding carboxylic acids is 1. The van der Waals surface area contributed by atoms with Crippen molar-refractivity contribution < 1.29 is 4.79 Å². The maximum Gasteiger partial charge on any atom is 0.187 e. The van der Waals surface area contributed by atoms with E-state index in [0.29, 0.717) is 19.6 Å². The molecule has 1 aliphatic heterocycles. The third kappa shape index (κ3) is 6.88. The minimum absolute atomic E-state index is 0.133. The monoisotopic (exact) mass is 482 g/mol. The largest absolute Gasteiger partial charge is 0.289 e. The van der Waals surface area contributed by atoms with E-state index >= 15 is 0 Å². The van der Waals surface area contributed by atoms with E-state index in [2.05, 4.69) is 84.5 Å². The van der Waals surface area contributed by atoms with E-state index in [-0.39, 0.29) is 5.78 Å². The van der Waals surface area contributed by atoms with Crippen molar-refractivity contribution in [2.45, 2.75) is 66.0 Å². The van der Waals surface area contributed by atoms with E-state index in [1.165, 1.54) is 24.0 Å². The fourth-order valence-electron chi connectivity index (χ4n) is 4.60. The molecule has 3 aromatic rings. The van der Waals surface area contributed by atoms with Crippen LogP contribution in [0.3, 0.4) is 0 Å². The summed E-state index contributed by atoms with van der Waals surface area (Å²) in [7, 11) is 0. The molecule has 1 aliphatic rings. The molecule has 1 aromatic heterocycles. The predicted octanol–water partition coefficient (Wildman–Crippen LogP) is 6.15. The van der Waals surface area contributed by atoms with E-state index in [1.807, 2.05) is 23.0 Å². The molecular formula is C31H38N4O. The van der Waals surface area contributed by atoms with Crippen LogP contribution in [0, 0.1) is 0 Å². The lowest BCUT2D eigenvalue weighted by Crippen LogP contribution is -2.37. The summed E-state index contributed by atoms with van der Waals surface area (Å²) in [5.41, 5.74) is 7.30. The van der Waals surface area contributed by atoms with Gasteiger partial charge in [0.2, 0.25) is 0 Å². The maximum absolute atomic E-state index is 13.5. The van der Waals surface area contributed by atoms with Gasteiger partial charge in [0.25, 0.3) is 0 Å². The number of Topliss-reactive ketones (excluding diaryl/α,β-unsaturated/α-hetero) is 1. The lowest BCUT2D eigenvalue weighted by molar-refractivity contribution is -0.113. The number of benzene rings is 2. The van der Waals surface area contributed by atoms with Gasteiger partial charge in [-0.3, -0.25) is 14.4 Å². The zero-order valence-electron chi connectivity index (χ0n) is 21.9. The highest BCUT2D eigenvalue weighted by molar-refractivity contribution is 6.14. The van der Waals surface area contributed by atoms with Crippen LogP contribution < -0.4 is 0 Å². The van der Waals surface area contributed by atoms with Gasteiger partial charge >= 0.3 is 0 Å². The van der Waals surface area contributed by atoms with E-state index in [0.717, 1.165) is 53.8 Å². The summed E-state index contributed by atoms with van der Waals surface area (Å²) in [6, 6.07) is 17.0. The Morgan fingerprint density at radius 1 is 0.806 bits per heavy atom. The van der Waals surface area contributed by atoms with Gasteiger partial charge in [-0.1, -0.05) is 87.4 Å². The maximum atomic E-state index is 13.5. The SMILES string of the molecule is CCCCCn1cc(CN2CC(=Cc3ccc(CC)cc3)C(=O)C(=Cc3ccc(CC)cc3)C2)nn1. The van der Waals surface area contributed by atoms with Crippen LogP contribution in [0.5, 0.6) is 0 Å². The van der Waals surface area contributed by atoms with Gasteiger partial charge < -0.3 is 0 Å². The van der Waals surface area contributed by atoms with Crippen LogP contribution in [0.1, 0.15) is 68.0 Å². The normalized spacial score (nSPS) is 16.8. The Hall–Kier alpha value is -3.31. The molecule has 0 atom stereocenters. The molecule has 0 unspecified atom stereocenters. The summed E-state index contributed by atoms with van der Waals surface area (Å²) in [5.74, 6) is 0.133. The Morgan fingerprint density at radius 3 is 1.86 bits per heavy atom. The lowest BCUT2D eigenvalue weighted by Gasteiger charge is -2.29. The first-order valence-electron chi connectivity index (χ1n) is 13.3. The number of carbonyl (C=O) groups is 1. The Labute approximate surface area is 215 Å². The molecule has 0 radical (unpaired) electrons. The van der Waals surface area contributed by atoms with Crippen molar-refractivity contribution >= 4 is 17.9 Å². The topological polar surface area (TPSA) is 51.0 Å². The summed E-state index contributed by atoms with van der Waals surface area (Å²) < 4.78 is 1.94. The number of piperidine rings is 1.